The Labute approximate surface area is 111 Å². The van der Waals surface area contributed by atoms with Crippen LogP contribution in [0.5, 0.6) is 0 Å². The van der Waals surface area contributed by atoms with Crippen molar-refractivity contribution in [1.29, 1.82) is 0 Å². The molecule has 0 aromatic rings. The van der Waals surface area contributed by atoms with E-state index in [9.17, 15) is 4.79 Å². The molecule has 1 N–H and O–H groups in total. The number of carbonyl (C=O) groups is 1. The second kappa shape index (κ2) is 6.62. The predicted octanol–water partition coefficient (Wildman–Crippen LogP) is 3.34. The van der Waals surface area contributed by atoms with Gasteiger partial charge in [0.2, 0.25) is 0 Å². The van der Waals surface area contributed by atoms with Gasteiger partial charge in [-0.05, 0) is 46.5 Å². The number of carbonyl (C=O) groups excluding carboxylic acids is 1. The van der Waals surface area contributed by atoms with E-state index < -0.39 is 0 Å². The van der Waals surface area contributed by atoms with Crippen LogP contribution in [0.25, 0.3) is 0 Å². The lowest BCUT2D eigenvalue weighted by atomic mass is 9.83. The molecule has 3 nitrogen and oxygen atoms in total. The first-order valence-electron chi connectivity index (χ1n) is 6.87. The van der Waals surface area contributed by atoms with Crippen molar-refractivity contribution in [2.75, 3.05) is 13.1 Å². The first-order valence-corrected chi connectivity index (χ1v) is 6.87. The summed E-state index contributed by atoms with van der Waals surface area (Å²) in [4.78, 5) is 13.9. The number of allylic oxidation sites excluding steroid dienone is 2. The quantitative estimate of drug-likeness (QED) is 0.763. The van der Waals surface area contributed by atoms with E-state index in [4.69, 9.17) is 0 Å². The van der Waals surface area contributed by atoms with Crippen LogP contribution in [0.15, 0.2) is 23.8 Å². The van der Waals surface area contributed by atoms with Crippen LogP contribution in [0.2, 0.25) is 0 Å². The molecule has 0 spiro atoms. The van der Waals surface area contributed by atoms with Crippen LogP contribution in [0.4, 0.5) is 4.79 Å². The van der Waals surface area contributed by atoms with Crippen LogP contribution >= 0.6 is 0 Å². The van der Waals surface area contributed by atoms with Gasteiger partial charge in [0.05, 0.1) is 6.04 Å². The van der Waals surface area contributed by atoms with Gasteiger partial charge < -0.3 is 10.2 Å². The highest BCUT2D eigenvalue weighted by molar-refractivity contribution is 5.74. The monoisotopic (exact) mass is 250 g/mol. The minimum atomic E-state index is 0.0418. The van der Waals surface area contributed by atoms with Gasteiger partial charge in [0, 0.05) is 13.1 Å². The van der Waals surface area contributed by atoms with Gasteiger partial charge in [-0.2, -0.15) is 0 Å². The van der Waals surface area contributed by atoms with E-state index in [1.807, 2.05) is 18.7 Å². The van der Waals surface area contributed by atoms with Crippen molar-refractivity contribution in [2.45, 2.75) is 46.6 Å². The van der Waals surface area contributed by atoms with Gasteiger partial charge in [-0.15, -0.1) is 0 Å². The van der Waals surface area contributed by atoms with E-state index in [-0.39, 0.29) is 12.1 Å². The number of amides is 2. The molecule has 3 heteroatoms. The molecule has 102 valence electrons. The zero-order chi connectivity index (χ0) is 13.7. The molecule has 0 radical (unpaired) electrons. The third kappa shape index (κ3) is 3.62. The highest BCUT2D eigenvalue weighted by Crippen LogP contribution is 2.28. The van der Waals surface area contributed by atoms with Gasteiger partial charge in [0.25, 0.3) is 0 Å². The molecule has 0 saturated carbocycles. The van der Waals surface area contributed by atoms with Crippen molar-refractivity contribution in [1.82, 2.24) is 10.2 Å². The van der Waals surface area contributed by atoms with Gasteiger partial charge in [-0.1, -0.05) is 23.8 Å². The molecule has 18 heavy (non-hydrogen) atoms. The van der Waals surface area contributed by atoms with Crippen LogP contribution in [0.3, 0.4) is 0 Å². The Balaban J connectivity index is 2.65. The fourth-order valence-corrected chi connectivity index (χ4v) is 2.36. The molecular formula is C15H26N2O. The minimum Gasteiger partial charge on any atom is -0.332 e. The largest absolute Gasteiger partial charge is 0.332 e. The van der Waals surface area contributed by atoms with Crippen molar-refractivity contribution >= 4 is 6.03 Å². The van der Waals surface area contributed by atoms with Crippen molar-refractivity contribution in [3.8, 4) is 0 Å². The average molecular weight is 250 g/mol. The second-order valence-electron chi connectivity index (χ2n) is 5.14. The van der Waals surface area contributed by atoms with E-state index in [2.05, 4.69) is 31.8 Å². The summed E-state index contributed by atoms with van der Waals surface area (Å²) in [6.07, 6.45) is 4.26. The maximum absolute atomic E-state index is 12.1. The van der Waals surface area contributed by atoms with E-state index in [1.165, 1.54) is 11.1 Å². The summed E-state index contributed by atoms with van der Waals surface area (Å²) in [5, 5.41) is 3.13. The summed E-state index contributed by atoms with van der Waals surface area (Å²) < 4.78 is 0. The first-order chi connectivity index (χ1) is 8.49. The van der Waals surface area contributed by atoms with Crippen molar-refractivity contribution in [3.63, 3.8) is 0 Å². The molecule has 0 fully saturated rings. The molecule has 0 unspecified atom stereocenters. The molecule has 0 aromatic carbocycles. The van der Waals surface area contributed by atoms with E-state index >= 15 is 0 Å². The SMILES string of the molecule is C=C(C)[C@H]1CC=C(C)[C@@H](NC(=O)N(CC)CC)C1. The maximum Gasteiger partial charge on any atom is 0.317 e. The maximum atomic E-state index is 12.1. The molecule has 2 atom stereocenters. The predicted molar refractivity (Wildman–Crippen MR) is 76.5 cm³/mol. The minimum absolute atomic E-state index is 0.0418. The number of hydrogen-bond acceptors (Lipinski definition) is 1. The third-order valence-electron chi connectivity index (χ3n) is 3.84. The third-order valence-corrected chi connectivity index (χ3v) is 3.84. The molecule has 0 aromatic heterocycles. The van der Waals surface area contributed by atoms with E-state index in [1.54, 1.807) is 0 Å². The highest BCUT2D eigenvalue weighted by Gasteiger charge is 2.24. The Morgan fingerprint density at radius 1 is 1.50 bits per heavy atom. The number of rotatable bonds is 4. The molecule has 2 amide bonds. The van der Waals surface area contributed by atoms with Crippen LogP contribution in [0.1, 0.15) is 40.5 Å². The molecule has 1 rings (SSSR count). The highest BCUT2D eigenvalue weighted by atomic mass is 16.2. The summed E-state index contributed by atoms with van der Waals surface area (Å²) >= 11 is 0. The van der Waals surface area contributed by atoms with Crippen LogP contribution in [0, 0.1) is 5.92 Å². The topological polar surface area (TPSA) is 32.3 Å². The molecule has 0 heterocycles. The van der Waals surface area contributed by atoms with Gasteiger partial charge >= 0.3 is 6.03 Å². The zero-order valence-electron chi connectivity index (χ0n) is 12.1. The lowest BCUT2D eigenvalue weighted by molar-refractivity contribution is 0.198. The summed E-state index contributed by atoms with van der Waals surface area (Å²) in [6, 6.07) is 0.202. The molecular weight excluding hydrogens is 224 g/mol. The Bertz CT molecular complexity index is 342. The van der Waals surface area contributed by atoms with Crippen LogP contribution < -0.4 is 5.32 Å². The summed E-state index contributed by atoms with van der Waals surface area (Å²) in [5.41, 5.74) is 2.48. The van der Waals surface area contributed by atoms with Crippen LogP contribution in [-0.2, 0) is 0 Å². The van der Waals surface area contributed by atoms with Crippen molar-refractivity contribution in [3.05, 3.63) is 23.8 Å². The lowest BCUT2D eigenvalue weighted by Crippen LogP contribution is -2.46. The van der Waals surface area contributed by atoms with Gasteiger partial charge in [-0.3, -0.25) is 0 Å². The smallest absolute Gasteiger partial charge is 0.317 e. The van der Waals surface area contributed by atoms with Crippen molar-refractivity contribution in [2.24, 2.45) is 5.92 Å². The standard InChI is InChI=1S/C15H26N2O/c1-6-17(7-2)15(18)16-14-10-13(11(3)4)9-8-12(14)5/h8,13-14H,3,6-7,9-10H2,1-2,4-5H3,(H,16,18)/t13-,14-/m0/s1. The number of nitrogens with one attached hydrogen (secondary N) is 1. The van der Waals surface area contributed by atoms with Gasteiger partial charge in [0.1, 0.15) is 0 Å². The second-order valence-corrected chi connectivity index (χ2v) is 5.14. The summed E-state index contributed by atoms with van der Waals surface area (Å²) in [7, 11) is 0. The number of hydrogen-bond donors (Lipinski definition) is 1. The zero-order valence-corrected chi connectivity index (χ0v) is 12.1. The Kier molecular flexibility index (Phi) is 5.45. The van der Waals surface area contributed by atoms with E-state index in [0.717, 1.165) is 25.9 Å². The summed E-state index contributed by atoms with van der Waals surface area (Å²) in [6.45, 7) is 13.7. The Morgan fingerprint density at radius 3 is 2.61 bits per heavy atom. The molecule has 0 aliphatic heterocycles. The van der Waals surface area contributed by atoms with Crippen LogP contribution in [-0.4, -0.2) is 30.1 Å². The fourth-order valence-electron chi connectivity index (χ4n) is 2.36. The summed E-state index contributed by atoms with van der Waals surface area (Å²) in [5.74, 6) is 0.496. The van der Waals surface area contributed by atoms with E-state index in [0.29, 0.717) is 5.92 Å². The number of nitrogens with zero attached hydrogens (tertiary/aromatic N) is 1. The molecule has 0 bridgehead atoms. The molecule has 1 aliphatic carbocycles. The van der Waals surface area contributed by atoms with Gasteiger partial charge in [0.15, 0.2) is 0 Å². The normalized spacial score (nSPS) is 23.2. The van der Waals surface area contributed by atoms with Gasteiger partial charge in [-0.25, -0.2) is 4.79 Å². The fraction of sp³-hybridized carbons (Fsp3) is 0.667. The lowest BCUT2D eigenvalue weighted by Gasteiger charge is -2.31. The number of urea groups is 1. The average Bonchev–Trinajstić information content (AvgIpc) is 2.33. The first kappa shape index (κ1) is 14.8. The molecule has 0 saturated heterocycles. The van der Waals surface area contributed by atoms with Crippen molar-refractivity contribution < 1.29 is 4.79 Å². The molecule has 1 aliphatic rings. The Morgan fingerprint density at radius 2 is 2.11 bits per heavy atom. The Hall–Kier alpha value is -1.25.